The molecule has 0 bridgehead atoms. The van der Waals surface area contributed by atoms with Crippen LogP contribution in [0.4, 0.5) is 0 Å². The molecule has 0 rings (SSSR count). The maximum absolute atomic E-state index is 11.0. The van der Waals surface area contributed by atoms with Crippen LogP contribution >= 0.6 is 22.6 Å². The molecule has 0 fully saturated rings. The molecule has 0 unspecified atom stereocenters. The highest BCUT2D eigenvalue weighted by atomic mass is 127. The van der Waals surface area contributed by atoms with E-state index in [9.17, 15) is 4.79 Å². The van der Waals surface area contributed by atoms with Gasteiger partial charge in [0, 0.05) is 17.4 Å². The molecular formula is C9H18INO. The Bertz CT molecular complexity index is 117. The monoisotopic (exact) mass is 283 g/mol. The first-order chi connectivity index (χ1) is 5.81. The Kier molecular flexibility index (Phi) is 9.44. The van der Waals surface area contributed by atoms with Crippen LogP contribution in [0.25, 0.3) is 0 Å². The van der Waals surface area contributed by atoms with E-state index in [0.29, 0.717) is 6.42 Å². The molecule has 72 valence electrons. The number of nitrogens with one attached hydrogen (secondary N) is 1. The zero-order valence-corrected chi connectivity index (χ0v) is 9.89. The summed E-state index contributed by atoms with van der Waals surface area (Å²) in [7, 11) is 0. The Balaban J connectivity index is 3.03. The van der Waals surface area contributed by atoms with Crippen LogP contribution in [0.5, 0.6) is 0 Å². The van der Waals surface area contributed by atoms with Gasteiger partial charge in [-0.3, -0.25) is 4.79 Å². The van der Waals surface area contributed by atoms with E-state index in [-0.39, 0.29) is 5.91 Å². The normalized spacial score (nSPS) is 9.83. The largest absolute Gasteiger partial charge is 0.356 e. The third-order valence-electron chi connectivity index (χ3n) is 1.67. The Hall–Kier alpha value is 0.200. The number of rotatable bonds is 7. The topological polar surface area (TPSA) is 29.1 Å². The quantitative estimate of drug-likeness (QED) is 0.434. The minimum absolute atomic E-state index is 0.195. The van der Waals surface area contributed by atoms with Crippen molar-refractivity contribution in [3.63, 3.8) is 0 Å². The lowest BCUT2D eigenvalue weighted by Gasteiger charge is -2.02. The van der Waals surface area contributed by atoms with E-state index in [1.54, 1.807) is 0 Å². The van der Waals surface area contributed by atoms with Crippen molar-refractivity contribution in [2.75, 3.05) is 11.0 Å². The number of carbonyl (C=O) groups is 1. The summed E-state index contributed by atoms with van der Waals surface area (Å²) in [6.45, 7) is 3.05. The van der Waals surface area contributed by atoms with Gasteiger partial charge in [0.15, 0.2) is 0 Å². The first-order valence-corrected chi connectivity index (χ1v) is 6.16. The molecule has 3 heteroatoms. The summed E-state index contributed by atoms with van der Waals surface area (Å²) in [6, 6.07) is 0. The Morgan fingerprint density at radius 2 is 2.08 bits per heavy atom. The molecule has 1 amide bonds. The molecule has 2 nitrogen and oxygen atoms in total. The maximum Gasteiger partial charge on any atom is 0.220 e. The highest BCUT2D eigenvalue weighted by Gasteiger charge is 1.96. The van der Waals surface area contributed by atoms with Gasteiger partial charge >= 0.3 is 0 Å². The number of carbonyl (C=O) groups excluding carboxylic acids is 1. The van der Waals surface area contributed by atoms with E-state index < -0.39 is 0 Å². The number of halogens is 1. The van der Waals surface area contributed by atoms with Crippen molar-refractivity contribution < 1.29 is 4.79 Å². The zero-order chi connectivity index (χ0) is 9.23. The minimum atomic E-state index is 0.195. The standard InChI is InChI=1S/C9H18INO/c1-2-3-4-5-8-11-9(12)6-7-10/h2-8H2,1H3,(H,11,12). The molecule has 0 atom stereocenters. The van der Waals surface area contributed by atoms with Crippen molar-refractivity contribution in [2.45, 2.75) is 39.0 Å². The van der Waals surface area contributed by atoms with E-state index in [0.717, 1.165) is 17.4 Å². The molecular weight excluding hydrogens is 265 g/mol. The van der Waals surface area contributed by atoms with Gasteiger partial charge in [-0.15, -0.1) is 0 Å². The number of amides is 1. The molecule has 0 saturated heterocycles. The smallest absolute Gasteiger partial charge is 0.220 e. The molecule has 0 saturated carbocycles. The van der Waals surface area contributed by atoms with Crippen molar-refractivity contribution in [1.82, 2.24) is 5.32 Å². The van der Waals surface area contributed by atoms with Gasteiger partial charge in [-0.05, 0) is 6.42 Å². The van der Waals surface area contributed by atoms with E-state index >= 15 is 0 Å². The molecule has 0 aliphatic carbocycles. The molecule has 0 aromatic rings. The van der Waals surface area contributed by atoms with Crippen LogP contribution in [0.3, 0.4) is 0 Å². The highest BCUT2D eigenvalue weighted by molar-refractivity contribution is 14.1. The third-order valence-corrected chi connectivity index (χ3v) is 2.21. The average Bonchev–Trinajstić information content (AvgIpc) is 2.05. The lowest BCUT2D eigenvalue weighted by molar-refractivity contribution is -0.120. The molecule has 0 heterocycles. The van der Waals surface area contributed by atoms with Crippen LogP contribution in [0, 0.1) is 0 Å². The second-order valence-corrected chi connectivity index (χ2v) is 3.93. The third kappa shape index (κ3) is 8.30. The van der Waals surface area contributed by atoms with Gasteiger partial charge in [-0.1, -0.05) is 48.8 Å². The maximum atomic E-state index is 11.0. The van der Waals surface area contributed by atoms with Crippen LogP contribution < -0.4 is 5.32 Å². The summed E-state index contributed by atoms with van der Waals surface area (Å²) >= 11 is 2.22. The Morgan fingerprint density at radius 1 is 1.33 bits per heavy atom. The average molecular weight is 283 g/mol. The van der Waals surface area contributed by atoms with Crippen LogP contribution in [0.15, 0.2) is 0 Å². The summed E-state index contributed by atoms with van der Waals surface area (Å²) in [4.78, 5) is 11.0. The van der Waals surface area contributed by atoms with Gasteiger partial charge in [0.05, 0.1) is 0 Å². The second kappa shape index (κ2) is 9.29. The summed E-state index contributed by atoms with van der Waals surface area (Å²) in [5.41, 5.74) is 0. The minimum Gasteiger partial charge on any atom is -0.356 e. The van der Waals surface area contributed by atoms with Crippen LogP contribution in [0.1, 0.15) is 39.0 Å². The summed E-state index contributed by atoms with van der Waals surface area (Å²) in [5, 5.41) is 2.90. The summed E-state index contributed by atoms with van der Waals surface area (Å²) < 4.78 is 0.915. The number of hydrogen-bond acceptors (Lipinski definition) is 1. The molecule has 0 aliphatic rings. The van der Waals surface area contributed by atoms with Crippen LogP contribution in [-0.2, 0) is 4.79 Å². The second-order valence-electron chi connectivity index (χ2n) is 2.85. The van der Waals surface area contributed by atoms with Crippen molar-refractivity contribution >= 4 is 28.5 Å². The van der Waals surface area contributed by atoms with Gasteiger partial charge in [-0.25, -0.2) is 0 Å². The van der Waals surface area contributed by atoms with Gasteiger partial charge in [0.25, 0.3) is 0 Å². The molecule has 12 heavy (non-hydrogen) atoms. The molecule has 1 N–H and O–H groups in total. The first kappa shape index (κ1) is 12.2. The predicted octanol–water partition coefficient (Wildman–Crippen LogP) is 2.51. The fourth-order valence-electron chi connectivity index (χ4n) is 0.954. The first-order valence-electron chi connectivity index (χ1n) is 4.64. The van der Waals surface area contributed by atoms with Crippen molar-refractivity contribution in [3.05, 3.63) is 0 Å². The Morgan fingerprint density at radius 3 is 2.67 bits per heavy atom. The number of unbranched alkanes of at least 4 members (excludes halogenated alkanes) is 3. The van der Waals surface area contributed by atoms with Crippen molar-refractivity contribution in [3.8, 4) is 0 Å². The van der Waals surface area contributed by atoms with Crippen molar-refractivity contribution in [1.29, 1.82) is 0 Å². The summed E-state index contributed by atoms with van der Waals surface area (Å²) in [6.07, 6.45) is 5.56. The van der Waals surface area contributed by atoms with Gasteiger partial charge < -0.3 is 5.32 Å². The molecule has 0 aromatic carbocycles. The molecule has 0 aromatic heterocycles. The Labute approximate surface area is 88.6 Å². The van der Waals surface area contributed by atoms with Gasteiger partial charge in [0.2, 0.25) is 5.91 Å². The van der Waals surface area contributed by atoms with E-state index in [1.807, 2.05) is 0 Å². The van der Waals surface area contributed by atoms with E-state index in [4.69, 9.17) is 0 Å². The fourth-order valence-corrected chi connectivity index (χ4v) is 1.44. The van der Waals surface area contributed by atoms with Gasteiger partial charge in [0.1, 0.15) is 0 Å². The zero-order valence-electron chi connectivity index (χ0n) is 7.74. The number of alkyl halides is 1. The van der Waals surface area contributed by atoms with E-state index in [1.165, 1.54) is 19.3 Å². The fraction of sp³-hybridized carbons (Fsp3) is 0.889. The van der Waals surface area contributed by atoms with Crippen molar-refractivity contribution in [2.24, 2.45) is 0 Å². The number of hydrogen-bond donors (Lipinski definition) is 1. The van der Waals surface area contributed by atoms with E-state index in [2.05, 4.69) is 34.8 Å². The van der Waals surface area contributed by atoms with Gasteiger partial charge in [-0.2, -0.15) is 0 Å². The van der Waals surface area contributed by atoms with Crippen LogP contribution in [0.2, 0.25) is 0 Å². The highest BCUT2D eigenvalue weighted by Crippen LogP contribution is 1.97. The molecule has 0 spiro atoms. The lowest BCUT2D eigenvalue weighted by atomic mass is 10.2. The lowest BCUT2D eigenvalue weighted by Crippen LogP contribution is -2.24. The molecule has 0 aliphatic heterocycles. The predicted molar refractivity (Wildman–Crippen MR) is 60.7 cm³/mol. The SMILES string of the molecule is CCCCCCNC(=O)CCI. The summed E-state index contributed by atoms with van der Waals surface area (Å²) in [5.74, 6) is 0.195. The molecule has 0 radical (unpaired) electrons. The van der Waals surface area contributed by atoms with Crippen LogP contribution in [-0.4, -0.2) is 16.9 Å².